The SMILES string of the molecule is O=C(N[C@H]1C(O)O[C@H](CO)[C@@H](O)[C@@H]1O)c1cccc(-c2ccccc2)c1. The van der Waals surface area contributed by atoms with Crippen LogP contribution in [0, 0.1) is 0 Å². The summed E-state index contributed by atoms with van der Waals surface area (Å²) >= 11 is 0. The Bertz CT molecular complexity index is 753. The highest BCUT2D eigenvalue weighted by atomic mass is 16.6. The summed E-state index contributed by atoms with van der Waals surface area (Å²) in [6.45, 7) is -0.560. The van der Waals surface area contributed by atoms with E-state index in [9.17, 15) is 20.1 Å². The van der Waals surface area contributed by atoms with Gasteiger partial charge in [-0.15, -0.1) is 0 Å². The molecule has 1 amide bonds. The zero-order valence-electron chi connectivity index (χ0n) is 13.9. The molecule has 5 atom stereocenters. The summed E-state index contributed by atoms with van der Waals surface area (Å²) in [6, 6.07) is 15.2. The van der Waals surface area contributed by atoms with Crippen LogP contribution in [0.25, 0.3) is 11.1 Å². The van der Waals surface area contributed by atoms with Gasteiger partial charge in [0.25, 0.3) is 5.91 Å². The second-order valence-electron chi connectivity index (χ2n) is 6.17. The molecule has 0 saturated carbocycles. The monoisotopic (exact) mass is 359 g/mol. The summed E-state index contributed by atoms with van der Waals surface area (Å²) in [5.74, 6) is -0.524. The van der Waals surface area contributed by atoms with Crippen molar-refractivity contribution in [1.29, 1.82) is 0 Å². The summed E-state index contributed by atoms with van der Waals surface area (Å²) < 4.78 is 5.04. The fourth-order valence-corrected chi connectivity index (χ4v) is 2.96. The van der Waals surface area contributed by atoms with E-state index in [0.717, 1.165) is 11.1 Å². The molecule has 1 fully saturated rings. The molecule has 0 radical (unpaired) electrons. The maximum Gasteiger partial charge on any atom is 0.251 e. The zero-order chi connectivity index (χ0) is 18.7. The van der Waals surface area contributed by atoms with Crippen LogP contribution in [-0.4, -0.2) is 63.6 Å². The summed E-state index contributed by atoms with van der Waals surface area (Å²) in [4.78, 5) is 12.5. The first-order valence-corrected chi connectivity index (χ1v) is 8.28. The third kappa shape index (κ3) is 3.77. The zero-order valence-corrected chi connectivity index (χ0v) is 13.9. The molecule has 0 spiro atoms. The van der Waals surface area contributed by atoms with Crippen LogP contribution < -0.4 is 5.32 Å². The molecule has 0 aromatic heterocycles. The standard InChI is InChI=1S/C19H21NO6/c21-10-14-16(22)17(23)15(19(25)26-14)20-18(24)13-8-4-7-12(9-13)11-5-2-1-3-6-11/h1-9,14-17,19,21-23,25H,10H2,(H,20,24)/t14-,15-,16-,17-,19?/m1/s1. The van der Waals surface area contributed by atoms with E-state index in [4.69, 9.17) is 9.84 Å². The van der Waals surface area contributed by atoms with Crippen molar-refractivity contribution < 1.29 is 30.0 Å². The second kappa shape index (κ2) is 7.94. The minimum Gasteiger partial charge on any atom is -0.394 e. The van der Waals surface area contributed by atoms with Crippen LogP contribution in [-0.2, 0) is 4.74 Å². The number of aliphatic hydroxyl groups excluding tert-OH is 4. The molecular weight excluding hydrogens is 338 g/mol. The molecule has 1 aliphatic heterocycles. The lowest BCUT2D eigenvalue weighted by Crippen LogP contribution is -2.64. The summed E-state index contributed by atoms with van der Waals surface area (Å²) in [6.07, 6.45) is -5.57. The Labute approximate surface area is 150 Å². The molecule has 0 aliphatic carbocycles. The quantitative estimate of drug-likeness (QED) is 0.519. The van der Waals surface area contributed by atoms with Gasteiger partial charge in [-0.3, -0.25) is 4.79 Å². The van der Waals surface area contributed by atoms with Gasteiger partial charge in [0.15, 0.2) is 6.29 Å². The molecule has 2 aromatic rings. The predicted octanol–water partition coefficient (Wildman–Crippen LogP) is -0.117. The first-order chi connectivity index (χ1) is 12.5. The van der Waals surface area contributed by atoms with Gasteiger partial charge in [0.2, 0.25) is 0 Å². The van der Waals surface area contributed by atoms with Gasteiger partial charge in [-0.2, -0.15) is 0 Å². The van der Waals surface area contributed by atoms with Gasteiger partial charge in [-0.05, 0) is 23.3 Å². The molecule has 26 heavy (non-hydrogen) atoms. The largest absolute Gasteiger partial charge is 0.394 e. The van der Waals surface area contributed by atoms with Crippen molar-refractivity contribution in [2.75, 3.05) is 6.61 Å². The van der Waals surface area contributed by atoms with Gasteiger partial charge in [0, 0.05) is 5.56 Å². The highest BCUT2D eigenvalue weighted by Gasteiger charge is 2.44. The third-order valence-corrected chi connectivity index (χ3v) is 4.43. The van der Waals surface area contributed by atoms with E-state index in [0.29, 0.717) is 5.56 Å². The van der Waals surface area contributed by atoms with Crippen LogP contribution in [0.15, 0.2) is 54.6 Å². The van der Waals surface area contributed by atoms with E-state index in [1.807, 2.05) is 36.4 Å². The Morgan fingerprint density at radius 3 is 2.35 bits per heavy atom. The van der Waals surface area contributed by atoms with E-state index in [-0.39, 0.29) is 0 Å². The molecule has 1 aliphatic rings. The highest BCUT2D eigenvalue weighted by Crippen LogP contribution is 2.22. The molecule has 1 unspecified atom stereocenters. The van der Waals surface area contributed by atoms with Crippen LogP contribution in [0.5, 0.6) is 0 Å². The van der Waals surface area contributed by atoms with Gasteiger partial charge < -0.3 is 30.5 Å². The lowest BCUT2D eigenvalue weighted by Gasteiger charge is -2.40. The highest BCUT2D eigenvalue weighted by molar-refractivity contribution is 5.95. The van der Waals surface area contributed by atoms with Gasteiger partial charge in [-0.25, -0.2) is 0 Å². The van der Waals surface area contributed by atoms with E-state index in [2.05, 4.69) is 5.32 Å². The number of carbonyl (C=O) groups is 1. The van der Waals surface area contributed by atoms with E-state index < -0.39 is 43.2 Å². The first kappa shape index (κ1) is 18.5. The molecule has 5 N–H and O–H groups in total. The molecule has 138 valence electrons. The maximum atomic E-state index is 12.5. The molecule has 3 rings (SSSR count). The number of ether oxygens (including phenoxy) is 1. The number of carbonyl (C=O) groups excluding carboxylic acids is 1. The van der Waals surface area contributed by atoms with Crippen LogP contribution in [0.4, 0.5) is 0 Å². The van der Waals surface area contributed by atoms with Crippen molar-refractivity contribution in [3.05, 3.63) is 60.2 Å². The molecular formula is C19H21NO6. The van der Waals surface area contributed by atoms with Crippen LogP contribution in [0.2, 0.25) is 0 Å². The van der Waals surface area contributed by atoms with Crippen LogP contribution in [0.3, 0.4) is 0 Å². The number of hydrogen-bond donors (Lipinski definition) is 5. The maximum absolute atomic E-state index is 12.5. The molecule has 1 heterocycles. The molecule has 7 nitrogen and oxygen atoms in total. The van der Waals surface area contributed by atoms with Crippen LogP contribution in [0.1, 0.15) is 10.4 Å². The van der Waals surface area contributed by atoms with Gasteiger partial charge >= 0.3 is 0 Å². The average Bonchev–Trinajstić information content (AvgIpc) is 2.68. The minimum atomic E-state index is -1.55. The third-order valence-electron chi connectivity index (χ3n) is 4.43. The fraction of sp³-hybridized carbons (Fsp3) is 0.316. The summed E-state index contributed by atoms with van der Waals surface area (Å²) in [5.41, 5.74) is 2.13. The average molecular weight is 359 g/mol. The number of hydrogen-bond acceptors (Lipinski definition) is 6. The lowest BCUT2D eigenvalue weighted by molar-refractivity contribution is -0.252. The Morgan fingerprint density at radius 2 is 1.65 bits per heavy atom. The molecule has 0 bridgehead atoms. The van der Waals surface area contributed by atoms with E-state index in [1.165, 1.54) is 0 Å². The summed E-state index contributed by atoms with van der Waals surface area (Å²) in [5, 5.41) is 41.6. The predicted molar refractivity (Wildman–Crippen MR) is 93.1 cm³/mol. The normalized spacial score (nSPS) is 28.5. The molecule has 2 aromatic carbocycles. The van der Waals surface area contributed by atoms with Crippen molar-refractivity contribution in [3.63, 3.8) is 0 Å². The van der Waals surface area contributed by atoms with Crippen molar-refractivity contribution in [1.82, 2.24) is 5.32 Å². The van der Waals surface area contributed by atoms with Gasteiger partial charge in [-0.1, -0.05) is 42.5 Å². The van der Waals surface area contributed by atoms with E-state index in [1.54, 1.807) is 18.2 Å². The fourth-order valence-electron chi connectivity index (χ4n) is 2.96. The Morgan fingerprint density at radius 1 is 0.962 bits per heavy atom. The number of benzene rings is 2. The number of nitrogens with one attached hydrogen (secondary N) is 1. The minimum absolute atomic E-state index is 0.338. The Balaban J connectivity index is 1.76. The van der Waals surface area contributed by atoms with Crippen molar-refractivity contribution in [2.45, 2.75) is 30.6 Å². The first-order valence-electron chi connectivity index (χ1n) is 8.28. The van der Waals surface area contributed by atoms with Crippen molar-refractivity contribution >= 4 is 5.91 Å². The number of amides is 1. The van der Waals surface area contributed by atoms with Crippen molar-refractivity contribution in [2.24, 2.45) is 0 Å². The lowest BCUT2D eigenvalue weighted by atomic mass is 9.96. The summed E-state index contributed by atoms with van der Waals surface area (Å²) in [7, 11) is 0. The van der Waals surface area contributed by atoms with Crippen molar-refractivity contribution in [3.8, 4) is 11.1 Å². The topological polar surface area (TPSA) is 119 Å². The van der Waals surface area contributed by atoms with E-state index >= 15 is 0 Å². The van der Waals surface area contributed by atoms with Gasteiger partial charge in [0.1, 0.15) is 24.4 Å². The van der Waals surface area contributed by atoms with Gasteiger partial charge in [0.05, 0.1) is 6.61 Å². The second-order valence-corrected chi connectivity index (χ2v) is 6.17. The Kier molecular flexibility index (Phi) is 5.65. The van der Waals surface area contributed by atoms with Crippen LogP contribution >= 0.6 is 0 Å². The number of rotatable bonds is 4. The molecule has 7 heteroatoms. The Hall–Kier alpha value is -2.29. The smallest absolute Gasteiger partial charge is 0.251 e. The number of aliphatic hydroxyl groups is 4. The molecule has 1 saturated heterocycles.